The molecule has 0 bridgehead atoms. The molecule has 1 saturated carbocycles. The number of hydrogen-bond donors (Lipinski definition) is 2. The first-order valence-electron chi connectivity index (χ1n) is 16.1. The number of para-hydroxylation sites is 1. The van der Waals surface area contributed by atoms with Gasteiger partial charge in [-0.05, 0) is 66.4 Å². The molecule has 49 heavy (non-hydrogen) atoms. The predicted molar refractivity (Wildman–Crippen MR) is 182 cm³/mol. The Morgan fingerprint density at radius 3 is 2.24 bits per heavy atom. The van der Waals surface area contributed by atoms with Crippen molar-refractivity contribution in [1.82, 2.24) is 18.9 Å². The van der Waals surface area contributed by atoms with E-state index in [4.69, 9.17) is 4.74 Å². The smallest absolute Gasteiger partial charge is 0.352 e. The SMILES string of the molecule is COc1cc(C2C3=CCn4c(=O)n(-c5ccccc5)c(=O)n4C3CC3C(=O)N(Nc4ccc(C)cc4)C(=O)C32c2ccccc2)ccc1O. The average molecular weight is 656 g/mol. The summed E-state index contributed by atoms with van der Waals surface area (Å²) in [5, 5.41) is 11.7. The molecule has 8 rings (SSSR count). The number of nitrogens with one attached hydrogen (secondary N) is 1. The Labute approximate surface area is 280 Å². The number of carbonyl (C=O) groups is 2. The van der Waals surface area contributed by atoms with Gasteiger partial charge in [0.05, 0.1) is 42.4 Å². The Kier molecular flexibility index (Phi) is 6.95. The maximum absolute atomic E-state index is 15.2. The van der Waals surface area contributed by atoms with Crippen LogP contribution in [0.5, 0.6) is 11.5 Å². The van der Waals surface area contributed by atoms with Gasteiger partial charge in [-0.15, -0.1) is 0 Å². The molecule has 2 fully saturated rings. The van der Waals surface area contributed by atoms with Crippen molar-refractivity contribution in [3.05, 3.63) is 152 Å². The van der Waals surface area contributed by atoms with Crippen LogP contribution in [0.1, 0.15) is 35.1 Å². The monoisotopic (exact) mass is 655 g/mol. The zero-order valence-electron chi connectivity index (χ0n) is 26.8. The average Bonchev–Trinajstić information content (AvgIpc) is 3.51. The lowest BCUT2D eigenvalue weighted by Crippen LogP contribution is -2.53. The van der Waals surface area contributed by atoms with Crippen LogP contribution in [0.4, 0.5) is 5.69 Å². The molecule has 2 N–H and O–H groups in total. The second-order valence-electron chi connectivity index (χ2n) is 12.7. The molecular formula is C38H33N5O6. The summed E-state index contributed by atoms with van der Waals surface area (Å²) in [5.74, 6) is -2.50. The van der Waals surface area contributed by atoms with E-state index in [0.717, 1.165) is 20.7 Å². The first kappa shape index (κ1) is 30.2. The summed E-state index contributed by atoms with van der Waals surface area (Å²) in [6.07, 6.45) is 1.99. The molecule has 5 aromatic rings. The lowest BCUT2D eigenvalue weighted by molar-refractivity contribution is -0.138. The van der Waals surface area contributed by atoms with Crippen molar-refractivity contribution in [2.75, 3.05) is 12.5 Å². The highest BCUT2D eigenvalue weighted by molar-refractivity contribution is 6.12. The van der Waals surface area contributed by atoms with Gasteiger partial charge in [-0.3, -0.25) is 15.0 Å². The zero-order chi connectivity index (χ0) is 34.0. The van der Waals surface area contributed by atoms with E-state index in [0.29, 0.717) is 22.5 Å². The van der Waals surface area contributed by atoms with Gasteiger partial charge >= 0.3 is 11.4 Å². The number of aromatic hydroxyl groups is 1. The molecule has 4 aromatic carbocycles. The van der Waals surface area contributed by atoms with E-state index < -0.39 is 46.5 Å². The summed E-state index contributed by atoms with van der Waals surface area (Å²) in [6.45, 7) is 2.03. The van der Waals surface area contributed by atoms with E-state index in [1.54, 1.807) is 36.4 Å². The molecule has 4 atom stereocenters. The van der Waals surface area contributed by atoms with E-state index in [-0.39, 0.29) is 24.5 Å². The summed E-state index contributed by atoms with van der Waals surface area (Å²) < 4.78 is 9.50. The topological polar surface area (TPSA) is 128 Å². The van der Waals surface area contributed by atoms with Gasteiger partial charge in [0.25, 0.3) is 11.8 Å². The van der Waals surface area contributed by atoms with Gasteiger partial charge in [0.2, 0.25) is 0 Å². The van der Waals surface area contributed by atoms with E-state index >= 15 is 4.79 Å². The number of imide groups is 1. The van der Waals surface area contributed by atoms with Gasteiger partial charge in [0.15, 0.2) is 11.5 Å². The fourth-order valence-corrected chi connectivity index (χ4v) is 8.06. The fraction of sp³-hybridized carbons (Fsp3) is 0.211. The number of carbonyl (C=O) groups excluding carboxylic acids is 2. The van der Waals surface area contributed by atoms with Crippen LogP contribution in [0.25, 0.3) is 5.69 Å². The van der Waals surface area contributed by atoms with Crippen molar-refractivity contribution < 1.29 is 19.4 Å². The maximum Gasteiger partial charge on any atom is 0.352 e. The number of benzene rings is 4. The highest BCUT2D eigenvalue weighted by Crippen LogP contribution is 2.62. The Morgan fingerprint density at radius 1 is 0.857 bits per heavy atom. The molecule has 1 saturated heterocycles. The second kappa shape index (κ2) is 11.3. The van der Waals surface area contributed by atoms with Crippen LogP contribution in [0.2, 0.25) is 0 Å². The van der Waals surface area contributed by atoms with Crippen molar-refractivity contribution in [3.63, 3.8) is 0 Å². The molecule has 3 aliphatic rings. The number of nitrogens with zero attached hydrogens (tertiary/aromatic N) is 4. The highest BCUT2D eigenvalue weighted by Gasteiger charge is 2.68. The number of phenolic OH excluding ortho intramolecular Hbond substituents is 1. The lowest BCUT2D eigenvalue weighted by Gasteiger charge is -2.49. The molecule has 11 heteroatoms. The molecule has 4 unspecified atom stereocenters. The lowest BCUT2D eigenvalue weighted by atomic mass is 9.53. The molecule has 0 spiro atoms. The number of rotatable bonds is 6. The normalized spacial score (nSPS) is 22.6. The number of ether oxygens (including phenoxy) is 1. The summed E-state index contributed by atoms with van der Waals surface area (Å²) in [5.41, 5.74) is 4.61. The van der Waals surface area contributed by atoms with Gasteiger partial charge in [0.1, 0.15) is 0 Å². The quantitative estimate of drug-likeness (QED) is 0.205. The van der Waals surface area contributed by atoms with E-state index in [1.807, 2.05) is 73.7 Å². The first-order chi connectivity index (χ1) is 23.7. The van der Waals surface area contributed by atoms with Gasteiger partial charge in [-0.25, -0.2) is 23.5 Å². The Bertz CT molecular complexity index is 2270. The predicted octanol–water partition coefficient (Wildman–Crippen LogP) is 4.44. The molecule has 2 aliphatic heterocycles. The molecule has 1 aromatic heterocycles. The number of hydrazine groups is 1. The number of phenols is 1. The minimum absolute atomic E-state index is 0.0778. The van der Waals surface area contributed by atoms with E-state index in [2.05, 4.69) is 5.43 Å². The third-order valence-corrected chi connectivity index (χ3v) is 10.2. The van der Waals surface area contributed by atoms with Crippen molar-refractivity contribution in [2.45, 2.75) is 37.3 Å². The van der Waals surface area contributed by atoms with E-state index in [1.165, 1.54) is 22.5 Å². The summed E-state index contributed by atoms with van der Waals surface area (Å²) in [4.78, 5) is 57.9. The van der Waals surface area contributed by atoms with Crippen molar-refractivity contribution in [2.24, 2.45) is 5.92 Å². The van der Waals surface area contributed by atoms with Gasteiger partial charge in [-0.2, -0.15) is 5.01 Å². The fourth-order valence-electron chi connectivity index (χ4n) is 8.06. The van der Waals surface area contributed by atoms with Crippen molar-refractivity contribution >= 4 is 17.5 Å². The van der Waals surface area contributed by atoms with Crippen LogP contribution in [0.15, 0.2) is 124 Å². The van der Waals surface area contributed by atoms with Gasteiger partial charge < -0.3 is 9.84 Å². The number of anilines is 1. The van der Waals surface area contributed by atoms with Crippen LogP contribution in [-0.2, 0) is 21.5 Å². The molecule has 1 aliphatic carbocycles. The van der Waals surface area contributed by atoms with Crippen LogP contribution in [-0.4, -0.2) is 43.0 Å². The third-order valence-electron chi connectivity index (χ3n) is 10.2. The zero-order valence-corrected chi connectivity index (χ0v) is 26.8. The number of methoxy groups -OCH3 is 1. The van der Waals surface area contributed by atoms with Crippen molar-refractivity contribution in [1.29, 1.82) is 0 Å². The third kappa shape index (κ3) is 4.35. The Hall–Kier alpha value is -6.10. The molecule has 0 radical (unpaired) electrons. The van der Waals surface area contributed by atoms with Crippen LogP contribution in [0, 0.1) is 12.8 Å². The maximum atomic E-state index is 15.2. The minimum atomic E-state index is -1.45. The Balaban J connectivity index is 1.38. The Morgan fingerprint density at radius 2 is 1.55 bits per heavy atom. The van der Waals surface area contributed by atoms with Crippen LogP contribution < -0.4 is 21.5 Å². The largest absolute Gasteiger partial charge is 0.504 e. The van der Waals surface area contributed by atoms with Gasteiger partial charge in [0, 0.05) is 5.92 Å². The summed E-state index contributed by atoms with van der Waals surface area (Å²) in [6, 6.07) is 29.5. The molecular weight excluding hydrogens is 622 g/mol. The van der Waals surface area contributed by atoms with Crippen LogP contribution >= 0.6 is 0 Å². The number of hydrogen-bond acceptors (Lipinski definition) is 7. The number of fused-ring (bicyclic) bond motifs is 4. The van der Waals surface area contributed by atoms with Crippen molar-refractivity contribution in [3.8, 4) is 17.2 Å². The summed E-state index contributed by atoms with van der Waals surface area (Å²) in [7, 11) is 1.44. The van der Waals surface area contributed by atoms with Gasteiger partial charge in [-0.1, -0.05) is 78.4 Å². The molecule has 246 valence electrons. The number of aromatic nitrogens is 3. The highest BCUT2D eigenvalue weighted by atomic mass is 16.5. The summed E-state index contributed by atoms with van der Waals surface area (Å²) >= 11 is 0. The number of allylic oxidation sites excluding steroid dienone is 2. The standard InChI is InChI=1S/C38H33N5O6/c1-23-13-16-26(17-14-23)39-42-34(45)29-22-30-28(19-20-40-36(47)41(37(48)43(30)40)27-11-7-4-8-12-27)33(24-15-18-31(44)32(21-24)49-2)38(29,35(42)46)25-9-5-3-6-10-25/h3-19,21,29-30,33,39,44H,20,22H2,1-2H3. The second-order valence-corrected chi connectivity index (χ2v) is 12.7. The first-order valence-corrected chi connectivity index (χ1v) is 16.1. The van der Waals surface area contributed by atoms with E-state index in [9.17, 15) is 19.5 Å². The number of aryl methyl sites for hydroxylation is 1. The molecule has 3 heterocycles. The molecule has 11 nitrogen and oxygen atoms in total. The molecule has 2 amide bonds. The van der Waals surface area contributed by atoms with Crippen LogP contribution in [0.3, 0.4) is 0 Å². The minimum Gasteiger partial charge on any atom is -0.504 e. The number of amides is 2.